The maximum absolute atomic E-state index is 13.1. The summed E-state index contributed by atoms with van der Waals surface area (Å²) in [6, 6.07) is 4.51. The van der Waals surface area contributed by atoms with Crippen molar-refractivity contribution in [2.75, 3.05) is 0 Å². The molecule has 3 aliphatic rings. The van der Waals surface area contributed by atoms with Crippen LogP contribution in [0.5, 0.6) is 5.75 Å². The lowest BCUT2D eigenvalue weighted by molar-refractivity contribution is -0.126. The van der Waals surface area contributed by atoms with Crippen LogP contribution in [0.25, 0.3) is 0 Å². The fraction of sp³-hybridized carbons (Fsp3) is 0.353. The van der Waals surface area contributed by atoms with E-state index in [0.717, 1.165) is 0 Å². The van der Waals surface area contributed by atoms with E-state index < -0.39 is 11.3 Å². The van der Waals surface area contributed by atoms with E-state index in [2.05, 4.69) is 0 Å². The van der Waals surface area contributed by atoms with E-state index in [1.807, 2.05) is 12.2 Å². The quantitative estimate of drug-likeness (QED) is 0.633. The van der Waals surface area contributed by atoms with Crippen molar-refractivity contribution in [1.29, 1.82) is 0 Å². The van der Waals surface area contributed by atoms with E-state index >= 15 is 0 Å². The number of hydrogen-bond acceptors (Lipinski definition) is 4. The molecule has 0 heterocycles. The molecule has 0 aliphatic heterocycles. The van der Waals surface area contributed by atoms with Crippen LogP contribution < -0.4 is 0 Å². The molecule has 4 nitrogen and oxygen atoms in total. The van der Waals surface area contributed by atoms with E-state index in [4.69, 9.17) is 0 Å². The molecule has 1 saturated carbocycles. The molecule has 4 atom stereocenters. The average molecular weight is 282 g/mol. The highest BCUT2D eigenvalue weighted by molar-refractivity contribution is 6.27. The highest BCUT2D eigenvalue weighted by Crippen LogP contribution is 2.61. The Kier molecular flexibility index (Phi) is 2.20. The minimum absolute atomic E-state index is 0.0231. The maximum atomic E-state index is 13.1. The fourth-order valence-corrected chi connectivity index (χ4v) is 4.59. The number of aromatic hydroxyl groups is 1. The van der Waals surface area contributed by atoms with Crippen LogP contribution in [0.15, 0.2) is 30.4 Å². The second-order valence-electron chi connectivity index (χ2n) is 6.19. The molecule has 21 heavy (non-hydrogen) atoms. The molecular formula is C17H14O4. The Balaban J connectivity index is 2.07. The Morgan fingerprint density at radius 3 is 2.76 bits per heavy atom. The van der Waals surface area contributed by atoms with E-state index in [1.54, 1.807) is 12.1 Å². The van der Waals surface area contributed by atoms with E-state index in [9.17, 15) is 19.5 Å². The van der Waals surface area contributed by atoms with Crippen molar-refractivity contribution in [1.82, 2.24) is 0 Å². The van der Waals surface area contributed by atoms with Crippen molar-refractivity contribution in [2.24, 2.45) is 23.2 Å². The van der Waals surface area contributed by atoms with E-state index in [-0.39, 0.29) is 46.1 Å². The summed E-state index contributed by atoms with van der Waals surface area (Å²) in [4.78, 5) is 38.3. The molecule has 1 fully saturated rings. The Bertz CT molecular complexity index is 745. The molecule has 0 spiro atoms. The highest BCUT2D eigenvalue weighted by atomic mass is 16.3. The van der Waals surface area contributed by atoms with Gasteiger partial charge in [0.2, 0.25) is 0 Å². The summed E-state index contributed by atoms with van der Waals surface area (Å²) >= 11 is 0. The molecule has 0 saturated heterocycles. The normalized spacial score (nSPS) is 35.8. The van der Waals surface area contributed by atoms with Crippen molar-refractivity contribution in [3.8, 4) is 5.75 Å². The summed E-state index contributed by atoms with van der Waals surface area (Å²) in [5.74, 6) is -1.93. The molecule has 4 rings (SSSR count). The van der Waals surface area contributed by atoms with Crippen molar-refractivity contribution in [2.45, 2.75) is 13.3 Å². The minimum Gasteiger partial charge on any atom is -0.507 e. The van der Waals surface area contributed by atoms with Gasteiger partial charge in [0, 0.05) is 11.5 Å². The van der Waals surface area contributed by atoms with Crippen molar-refractivity contribution in [3.05, 3.63) is 41.5 Å². The smallest absolute Gasteiger partial charge is 0.182 e. The summed E-state index contributed by atoms with van der Waals surface area (Å²) in [6.45, 7) is 1.39. The van der Waals surface area contributed by atoms with Crippen LogP contribution in [0.2, 0.25) is 0 Å². The Morgan fingerprint density at radius 1 is 1.29 bits per heavy atom. The lowest BCUT2D eigenvalue weighted by Crippen LogP contribution is -2.53. The van der Waals surface area contributed by atoms with Gasteiger partial charge in [-0.15, -0.1) is 0 Å². The van der Waals surface area contributed by atoms with Gasteiger partial charge in [-0.3, -0.25) is 14.4 Å². The number of hydrogen-bond donors (Lipinski definition) is 1. The summed E-state index contributed by atoms with van der Waals surface area (Å²) in [5.41, 5.74) is -1.03. The Hall–Kier alpha value is -2.23. The number of phenolic OH excluding ortho intramolecular Hbond substituents is 1. The lowest BCUT2D eigenvalue weighted by Gasteiger charge is -2.41. The zero-order chi connectivity index (χ0) is 14.9. The molecule has 0 unspecified atom stereocenters. The van der Waals surface area contributed by atoms with E-state index in [0.29, 0.717) is 6.42 Å². The van der Waals surface area contributed by atoms with Gasteiger partial charge in [0.05, 0.1) is 5.56 Å². The molecule has 0 radical (unpaired) electrons. The van der Waals surface area contributed by atoms with Gasteiger partial charge < -0.3 is 5.11 Å². The van der Waals surface area contributed by atoms with Gasteiger partial charge in [-0.05, 0) is 31.2 Å². The average Bonchev–Trinajstić information content (AvgIpc) is 3.04. The zero-order valence-corrected chi connectivity index (χ0v) is 11.5. The van der Waals surface area contributed by atoms with Crippen LogP contribution in [0.4, 0.5) is 0 Å². The van der Waals surface area contributed by atoms with Crippen LogP contribution >= 0.6 is 0 Å². The molecule has 1 aromatic carbocycles. The molecule has 1 N–H and O–H groups in total. The monoisotopic (exact) mass is 282 g/mol. The SMILES string of the molecule is CC(=O)[C@@]12C(=O)c3c(O)cccc3C(=O)[C@@H]1[C@@H]1C=C[C@H]2C1. The van der Waals surface area contributed by atoms with Gasteiger partial charge >= 0.3 is 0 Å². The van der Waals surface area contributed by atoms with Crippen molar-refractivity contribution >= 4 is 17.3 Å². The van der Waals surface area contributed by atoms with Crippen LogP contribution in [-0.4, -0.2) is 22.5 Å². The first-order valence-corrected chi connectivity index (χ1v) is 7.10. The molecule has 4 heteroatoms. The number of rotatable bonds is 1. The number of Topliss-reactive ketones (excluding diaryl/α,β-unsaturated/α-hetero) is 3. The largest absolute Gasteiger partial charge is 0.507 e. The number of allylic oxidation sites excluding steroid dienone is 2. The second kappa shape index (κ2) is 3.70. The predicted octanol–water partition coefficient (Wildman–Crippen LogP) is 2.17. The van der Waals surface area contributed by atoms with Gasteiger partial charge in [-0.25, -0.2) is 0 Å². The number of carbonyl (C=O) groups excluding carboxylic acids is 3. The fourth-order valence-electron chi connectivity index (χ4n) is 4.59. The molecule has 2 bridgehead atoms. The van der Waals surface area contributed by atoms with Gasteiger partial charge in [0.15, 0.2) is 11.6 Å². The summed E-state index contributed by atoms with van der Waals surface area (Å²) < 4.78 is 0. The van der Waals surface area contributed by atoms with Gasteiger partial charge in [0.25, 0.3) is 0 Å². The third-order valence-corrected chi connectivity index (χ3v) is 5.40. The Labute approximate surface area is 121 Å². The predicted molar refractivity (Wildman–Crippen MR) is 74.1 cm³/mol. The molecule has 1 aromatic rings. The number of fused-ring (bicyclic) bond motifs is 6. The lowest BCUT2D eigenvalue weighted by atomic mass is 9.56. The van der Waals surface area contributed by atoms with Crippen LogP contribution in [0, 0.1) is 23.2 Å². The summed E-state index contributed by atoms with van der Waals surface area (Å²) in [6.07, 6.45) is 4.50. The first-order chi connectivity index (χ1) is 9.99. The highest BCUT2D eigenvalue weighted by Gasteiger charge is 2.68. The van der Waals surface area contributed by atoms with Crippen LogP contribution in [-0.2, 0) is 4.79 Å². The molecular weight excluding hydrogens is 268 g/mol. The minimum atomic E-state index is -1.30. The van der Waals surface area contributed by atoms with Gasteiger partial charge in [0.1, 0.15) is 16.9 Å². The standard InChI is InChI=1S/C17H14O4/c1-8(18)17-10-6-5-9(7-10)14(17)15(20)11-3-2-4-12(19)13(11)16(17)21/h2-6,9-10,14,19H,7H2,1H3/t9-,10+,14+,17+/m1/s1. The third-order valence-electron chi connectivity index (χ3n) is 5.40. The van der Waals surface area contributed by atoms with Crippen molar-refractivity contribution in [3.63, 3.8) is 0 Å². The number of phenols is 1. The van der Waals surface area contributed by atoms with E-state index in [1.165, 1.54) is 13.0 Å². The molecule has 3 aliphatic carbocycles. The van der Waals surface area contributed by atoms with Crippen molar-refractivity contribution < 1.29 is 19.5 Å². The van der Waals surface area contributed by atoms with Gasteiger partial charge in [-0.1, -0.05) is 24.3 Å². The molecule has 0 aromatic heterocycles. The summed E-state index contributed by atoms with van der Waals surface area (Å²) in [5, 5.41) is 10.0. The molecule has 0 amide bonds. The topological polar surface area (TPSA) is 71.4 Å². The van der Waals surface area contributed by atoms with Gasteiger partial charge in [-0.2, -0.15) is 0 Å². The number of ketones is 3. The first kappa shape index (κ1) is 12.5. The van der Waals surface area contributed by atoms with Crippen LogP contribution in [0.3, 0.4) is 0 Å². The summed E-state index contributed by atoms with van der Waals surface area (Å²) in [7, 11) is 0. The first-order valence-electron chi connectivity index (χ1n) is 7.10. The zero-order valence-electron chi connectivity index (χ0n) is 11.5. The van der Waals surface area contributed by atoms with Crippen LogP contribution in [0.1, 0.15) is 34.1 Å². The number of benzene rings is 1. The maximum Gasteiger partial charge on any atom is 0.182 e. The molecule has 106 valence electrons. The Morgan fingerprint density at radius 2 is 2.05 bits per heavy atom. The second-order valence-corrected chi connectivity index (χ2v) is 6.19. The number of carbonyl (C=O) groups is 3. The third kappa shape index (κ3) is 1.20.